The van der Waals surface area contributed by atoms with Crippen LogP contribution in [0.2, 0.25) is 0 Å². The summed E-state index contributed by atoms with van der Waals surface area (Å²) < 4.78 is 35.2. The number of carbonyl (C=O) groups excluding carboxylic acids is 4. The van der Waals surface area contributed by atoms with Crippen molar-refractivity contribution in [3.05, 3.63) is 53.9 Å². The van der Waals surface area contributed by atoms with Crippen molar-refractivity contribution in [2.45, 2.75) is 118 Å². The van der Waals surface area contributed by atoms with E-state index in [-0.39, 0.29) is 45.9 Å². The van der Waals surface area contributed by atoms with Gasteiger partial charge in [0.1, 0.15) is 29.2 Å². The molecule has 15 nitrogen and oxygen atoms in total. The molecule has 1 aromatic carbocycles. The highest BCUT2D eigenvalue weighted by Crippen LogP contribution is 2.40. The summed E-state index contributed by atoms with van der Waals surface area (Å²) >= 11 is 0. The summed E-state index contributed by atoms with van der Waals surface area (Å²) in [6.07, 6.45) is 1.73. The highest BCUT2D eigenvalue weighted by molar-refractivity contribution is 6.11. The number of halogens is 1. The van der Waals surface area contributed by atoms with Crippen molar-refractivity contribution in [3.63, 3.8) is 0 Å². The van der Waals surface area contributed by atoms with Gasteiger partial charge in [-0.15, -0.1) is 0 Å². The van der Waals surface area contributed by atoms with Crippen LogP contribution in [0.15, 0.2) is 36.8 Å². The summed E-state index contributed by atoms with van der Waals surface area (Å²) in [5.41, 5.74) is -2.14. The molecule has 56 heavy (non-hydrogen) atoms. The molecule has 0 unspecified atom stereocenters. The summed E-state index contributed by atoms with van der Waals surface area (Å²) in [6, 6.07) is 5.07. The lowest BCUT2D eigenvalue weighted by Gasteiger charge is -2.33. The first kappa shape index (κ1) is 41.4. The fourth-order valence-electron chi connectivity index (χ4n) is 6.02. The molecule has 16 heteroatoms. The van der Waals surface area contributed by atoms with Crippen molar-refractivity contribution in [1.82, 2.24) is 24.6 Å². The van der Waals surface area contributed by atoms with Crippen molar-refractivity contribution in [2.75, 3.05) is 22.6 Å². The number of pyridine rings is 2. The maximum atomic E-state index is 16.9. The summed E-state index contributed by atoms with van der Waals surface area (Å²) in [6.45, 7) is 20.7. The maximum Gasteiger partial charge on any atom is 0.424 e. The molecule has 0 saturated carbocycles. The number of carbonyl (C=O) groups is 4. The predicted octanol–water partition coefficient (Wildman–Crippen LogP) is 8.50. The van der Waals surface area contributed by atoms with E-state index in [0.717, 1.165) is 10.6 Å². The zero-order valence-corrected chi connectivity index (χ0v) is 34.3. The monoisotopic (exact) mass is 774 g/mol. The summed E-state index contributed by atoms with van der Waals surface area (Å²) in [7, 11) is 1.78. The van der Waals surface area contributed by atoms with Gasteiger partial charge < -0.3 is 24.4 Å². The zero-order chi connectivity index (χ0) is 41.7. The number of anilines is 4. The van der Waals surface area contributed by atoms with E-state index in [0.29, 0.717) is 23.4 Å². The molecule has 0 radical (unpaired) electrons. The number of benzene rings is 1. The smallest absolute Gasteiger partial charge is 0.424 e. The first-order chi connectivity index (χ1) is 25.7. The van der Waals surface area contributed by atoms with Crippen LogP contribution in [0.1, 0.15) is 87.4 Å². The number of imide groups is 1. The number of fused-ring (bicyclic) bond motifs is 2. The Morgan fingerprint density at radius 2 is 1.46 bits per heavy atom. The van der Waals surface area contributed by atoms with E-state index in [9.17, 15) is 19.2 Å². The van der Waals surface area contributed by atoms with Gasteiger partial charge >= 0.3 is 18.3 Å². The molecule has 5 rings (SSSR count). The molecule has 1 aliphatic rings. The van der Waals surface area contributed by atoms with Gasteiger partial charge in [0, 0.05) is 59.7 Å². The van der Waals surface area contributed by atoms with Gasteiger partial charge in [0.2, 0.25) is 5.91 Å². The van der Waals surface area contributed by atoms with Crippen LogP contribution in [0.3, 0.4) is 0 Å². The molecule has 2 N–H and O–H groups in total. The Labute approximate surface area is 325 Å². The molecular weight excluding hydrogens is 723 g/mol. The lowest BCUT2D eigenvalue weighted by molar-refractivity contribution is -0.134. The first-order valence-electron chi connectivity index (χ1n) is 18.2. The number of amides is 4. The molecule has 4 heterocycles. The second-order valence-electron chi connectivity index (χ2n) is 17.4. The highest BCUT2D eigenvalue weighted by Gasteiger charge is 2.36. The summed E-state index contributed by atoms with van der Waals surface area (Å²) in [4.78, 5) is 64.3. The molecule has 0 saturated heterocycles. The van der Waals surface area contributed by atoms with Crippen molar-refractivity contribution in [3.8, 4) is 11.1 Å². The van der Waals surface area contributed by atoms with Gasteiger partial charge in [-0.3, -0.25) is 19.8 Å². The van der Waals surface area contributed by atoms with Crippen LogP contribution in [0.4, 0.5) is 41.8 Å². The standard InChI is InChI=1S/C40H51FN8O7/c1-22-26(18-42-20-28(22)49(35(52)55-38(5,6)7)36(53)56-39(8,9)10)25-14-23-15-29(43-19-27(23)33(32(25)41)45-34(51)54-37(2,3)4)44-30-16-24-17-40(11,12)47(13)31(50)21-48(24)46-30/h14-16,18-20H,17,21H2,1-13H3,(H,45,51)(H,43,44,46). The number of nitrogens with zero attached hydrogens (tertiary/aromatic N) is 6. The minimum absolute atomic E-state index is 0.00312. The molecule has 1 aliphatic heterocycles. The molecule has 0 spiro atoms. The molecular formula is C40H51FN8O7. The number of ether oxygens (including phenoxy) is 3. The third-order valence-corrected chi connectivity index (χ3v) is 8.76. The van der Waals surface area contributed by atoms with E-state index >= 15 is 4.39 Å². The molecule has 4 aromatic rings. The predicted molar refractivity (Wildman–Crippen MR) is 211 cm³/mol. The first-order valence-corrected chi connectivity index (χ1v) is 18.2. The van der Waals surface area contributed by atoms with Crippen LogP contribution in [-0.2, 0) is 32.0 Å². The van der Waals surface area contributed by atoms with Crippen LogP contribution >= 0.6 is 0 Å². The lowest BCUT2D eigenvalue weighted by Crippen LogP contribution is -2.45. The van der Waals surface area contributed by atoms with Gasteiger partial charge in [0.15, 0.2) is 11.6 Å². The van der Waals surface area contributed by atoms with E-state index in [1.54, 1.807) is 98.0 Å². The van der Waals surface area contributed by atoms with Crippen LogP contribution in [0, 0.1) is 12.7 Å². The van der Waals surface area contributed by atoms with E-state index in [2.05, 4.69) is 25.7 Å². The van der Waals surface area contributed by atoms with E-state index in [1.165, 1.54) is 18.6 Å². The van der Waals surface area contributed by atoms with Gasteiger partial charge in [0.25, 0.3) is 0 Å². The number of hydrogen-bond donors (Lipinski definition) is 2. The summed E-state index contributed by atoms with van der Waals surface area (Å²) in [5, 5.41) is 11.1. The minimum Gasteiger partial charge on any atom is -0.444 e. The lowest BCUT2D eigenvalue weighted by atomic mass is 9.97. The van der Waals surface area contributed by atoms with Crippen LogP contribution in [0.5, 0.6) is 0 Å². The van der Waals surface area contributed by atoms with Crippen molar-refractivity contribution in [2.24, 2.45) is 0 Å². The zero-order valence-electron chi connectivity index (χ0n) is 34.3. The normalized spacial score (nSPS) is 14.5. The number of hydrogen-bond acceptors (Lipinski definition) is 11. The van der Waals surface area contributed by atoms with Gasteiger partial charge in [-0.05, 0) is 106 Å². The fourth-order valence-corrected chi connectivity index (χ4v) is 6.02. The van der Waals surface area contributed by atoms with Crippen LogP contribution in [0.25, 0.3) is 21.9 Å². The summed E-state index contributed by atoms with van der Waals surface area (Å²) in [5.74, 6) is -0.115. The van der Waals surface area contributed by atoms with Crippen LogP contribution < -0.4 is 15.5 Å². The third kappa shape index (κ3) is 9.34. The topological polar surface area (TPSA) is 170 Å². The largest absolute Gasteiger partial charge is 0.444 e. The van der Waals surface area contributed by atoms with Gasteiger partial charge in [-0.1, -0.05) is 0 Å². The average Bonchev–Trinajstić information content (AvgIpc) is 3.35. The van der Waals surface area contributed by atoms with Gasteiger partial charge in [-0.25, -0.2) is 23.8 Å². The number of rotatable bonds is 5. The molecule has 0 aliphatic carbocycles. The average molecular weight is 775 g/mol. The van der Waals surface area contributed by atoms with Crippen molar-refractivity contribution >= 4 is 58.0 Å². The third-order valence-electron chi connectivity index (χ3n) is 8.76. The molecule has 0 fully saturated rings. The Morgan fingerprint density at radius 1 is 0.857 bits per heavy atom. The number of likely N-dealkylation sites (N-methyl/N-ethyl adjacent to an activating group) is 1. The molecule has 300 valence electrons. The second-order valence-corrected chi connectivity index (χ2v) is 17.4. The van der Waals surface area contributed by atoms with E-state index in [1.807, 2.05) is 19.9 Å². The van der Waals surface area contributed by atoms with E-state index in [4.69, 9.17) is 14.2 Å². The molecule has 3 aromatic heterocycles. The Balaban J connectivity index is 1.64. The Hall–Kier alpha value is -5.80. The van der Waals surface area contributed by atoms with Crippen molar-refractivity contribution in [1.29, 1.82) is 0 Å². The highest BCUT2D eigenvalue weighted by atomic mass is 19.1. The number of nitrogens with one attached hydrogen (secondary N) is 2. The molecule has 0 bridgehead atoms. The number of aromatic nitrogens is 4. The maximum absolute atomic E-state index is 16.9. The minimum atomic E-state index is -1.02. The van der Waals surface area contributed by atoms with Crippen LogP contribution in [-0.4, -0.2) is 78.2 Å². The Bertz CT molecular complexity index is 2180. The van der Waals surface area contributed by atoms with E-state index < -0.39 is 46.4 Å². The van der Waals surface area contributed by atoms with Crippen molar-refractivity contribution < 1.29 is 37.8 Å². The molecule has 0 atom stereocenters. The molecule has 4 amide bonds. The SMILES string of the molecule is Cc1c(-c2cc3cc(Nc4cc5n(n4)CC(=O)N(C)C(C)(C)C5)ncc3c(NC(=O)OC(C)(C)C)c2F)cncc1N(C(=O)OC(C)(C)C)C(=O)OC(C)(C)C. The Kier molecular flexibility index (Phi) is 10.9. The quantitative estimate of drug-likeness (QED) is 0.186. The van der Waals surface area contributed by atoms with Gasteiger partial charge in [-0.2, -0.15) is 10.00 Å². The van der Waals surface area contributed by atoms with Gasteiger partial charge in [0.05, 0.1) is 17.6 Å². The Morgan fingerprint density at radius 3 is 2.05 bits per heavy atom. The second kappa shape index (κ2) is 14.7. The fraction of sp³-hybridized carbons (Fsp3) is 0.475.